The number of nitrogens with one attached hydrogen (secondary N) is 2. The van der Waals surface area contributed by atoms with E-state index in [9.17, 15) is 14.0 Å². The predicted molar refractivity (Wildman–Crippen MR) is 153 cm³/mol. The Hall–Kier alpha value is -4.19. The summed E-state index contributed by atoms with van der Waals surface area (Å²) in [6, 6.07) is 2.23. The molecule has 2 atom stereocenters. The van der Waals surface area contributed by atoms with Crippen LogP contribution >= 0.6 is 11.6 Å². The van der Waals surface area contributed by atoms with Crippen LogP contribution < -0.4 is 10.6 Å². The first-order chi connectivity index (χ1) is 19.9. The highest BCUT2D eigenvalue weighted by Crippen LogP contribution is 2.34. The molecule has 4 aromatic rings. The molecule has 13 heteroatoms. The molecule has 1 aliphatic rings. The zero-order chi connectivity index (χ0) is 30.2. The van der Waals surface area contributed by atoms with Gasteiger partial charge in [0.15, 0.2) is 17.5 Å². The lowest BCUT2D eigenvalue weighted by atomic mass is 9.91. The SMILES string of the molecule is Cc1cnc(C(=O)N[C@@H]2CCC[C@H](Nc3nc(-c4cn(C(=O)OC(C)(C)C)c5c(F)cc(Cl)cc45)ncc3F)C2)cn1. The highest BCUT2D eigenvalue weighted by atomic mass is 35.5. The smallest absolute Gasteiger partial charge is 0.419 e. The summed E-state index contributed by atoms with van der Waals surface area (Å²) in [6.07, 6.45) is 7.35. The van der Waals surface area contributed by atoms with Crippen molar-refractivity contribution in [3.8, 4) is 11.4 Å². The van der Waals surface area contributed by atoms with Crippen molar-refractivity contribution in [3.63, 3.8) is 0 Å². The highest BCUT2D eigenvalue weighted by Gasteiger charge is 2.27. The van der Waals surface area contributed by atoms with Crippen molar-refractivity contribution in [3.05, 3.63) is 65.0 Å². The molecule has 42 heavy (non-hydrogen) atoms. The third-order valence-corrected chi connectivity index (χ3v) is 6.97. The van der Waals surface area contributed by atoms with E-state index >= 15 is 4.39 Å². The Morgan fingerprint density at radius 2 is 1.81 bits per heavy atom. The van der Waals surface area contributed by atoms with Crippen LogP contribution in [0, 0.1) is 18.6 Å². The van der Waals surface area contributed by atoms with Crippen LogP contribution in [0.15, 0.2) is 36.9 Å². The number of anilines is 1. The third kappa shape index (κ3) is 6.48. The number of hydrogen-bond acceptors (Lipinski definition) is 8. The molecule has 220 valence electrons. The molecule has 0 unspecified atom stereocenters. The van der Waals surface area contributed by atoms with Crippen molar-refractivity contribution in [2.45, 2.75) is 71.1 Å². The number of fused-ring (bicyclic) bond motifs is 1. The number of carbonyl (C=O) groups is 2. The lowest BCUT2D eigenvalue weighted by molar-refractivity contribution is 0.0543. The van der Waals surface area contributed by atoms with Crippen LogP contribution in [0.3, 0.4) is 0 Å². The van der Waals surface area contributed by atoms with Crippen LogP contribution in [0.25, 0.3) is 22.3 Å². The first kappa shape index (κ1) is 29.3. The van der Waals surface area contributed by atoms with E-state index in [1.807, 2.05) is 0 Å². The standard InChI is InChI=1S/C29H30ClF2N7O3/c1-15-11-34-23(13-33-15)27(40)37-18-7-5-6-17(10-18)36-26-22(32)12-35-25(38-26)20-14-39(28(41)42-29(2,3)4)24-19(20)8-16(30)9-21(24)31/h8-9,11-14,17-18H,5-7,10H2,1-4H3,(H,37,40)(H,35,36,38)/t17-,18+/m0/s1. The average molecular weight is 598 g/mol. The van der Waals surface area contributed by atoms with Crippen molar-refractivity contribution in [1.82, 2.24) is 29.8 Å². The second kappa shape index (κ2) is 11.6. The van der Waals surface area contributed by atoms with Crippen LogP contribution in [-0.4, -0.2) is 54.2 Å². The Bertz CT molecular complexity index is 1650. The zero-order valence-corrected chi connectivity index (χ0v) is 24.3. The fourth-order valence-corrected chi connectivity index (χ4v) is 5.13. The lowest BCUT2D eigenvalue weighted by Gasteiger charge is -2.30. The summed E-state index contributed by atoms with van der Waals surface area (Å²) in [4.78, 5) is 42.4. The van der Waals surface area contributed by atoms with Crippen LogP contribution in [-0.2, 0) is 4.74 Å². The third-order valence-electron chi connectivity index (χ3n) is 6.76. The first-order valence-electron chi connectivity index (χ1n) is 13.5. The molecule has 1 aromatic carbocycles. The van der Waals surface area contributed by atoms with E-state index in [1.165, 1.54) is 24.7 Å². The Morgan fingerprint density at radius 1 is 1.05 bits per heavy atom. The van der Waals surface area contributed by atoms with E-state index in [1.54, 1.807) is 27.7 Å². The summed E-state index contributed by atoms with van der Waals surface area (Å²) in [5.74, 6) is -1.73. The Kier molecular flexibility index (Phi) is 8.09. The molecule has 0 spiro atoms. The van der Waals surface area contributed by atoms with Gasteiger partial charge in [0.2, 0.25) is 0 Å². The number of amides is 1. The number of ether oxygens (including phenoxy) is 1. The maximum atomic E-state index is 15.1. The lowest BCUT2D eigenvalue weighted by Crippen LogP contribution is -2.42. The summed E-state index contributed by atoms with van der Waals surface area (Å²) in [5, 5.41) is 6.49. The minimum atomic E-state index is -0.828. The second-order valence-electron chi connectivity index (χ2n) is 11.3. The summed E-state index contributed by atoms with van der Waals surface area (Å²) in [6.45, 7) is 6.88. The molecule has 3 heterocycles. The van der Waals surface area contributed by atoms with Gasteiger partial charge in [-0.2, -0.15) is 0 Å². The minimum Gasteiger partial charge on any atom is -0.443 e. The molecule has 0 radical (unpaired) electrons. The summed E-state index contributed by atoms with van der Waals surface area (Å²) in [7, 11) is 0. The largest absolute Gasteiger partial charge is 0.443 e. The topological polar surface area (TPSA) is 124 Å². The average Bonchev–Trinajstić information content (AvgIpc) is 3.29. The molecule has 5 rings (SSSR count). The summed E-state index contributed by atoms with van der Waals surface area (Å²) < 4.78 is 36.5. The maximum absolute atomic E-state index is 15.1. The fourth-order valence-electron chi connectivity index (χ4n) is 4.93. The van der Waals surface area contributed by atoms with E-state index in [0.717, 1.165) is 36.1 Å². The van der Waals surface area contributed by atoms with E-state index < -0.39 is 23.3 Å². The predicted octanol–water partition coefficient (Wildman–Crippen LogP) is 6.06. The number of halogens is 3. The van der Waals surface area contributed by atoms with E-state index in [0.29, 0.717) is 12.1 Å². The maximum Gasteiger partial charge on any atom is 0.419 e. The number of aryl methyl sites for hydroxylation is 1. The Labute approximate surface area is 245 Å². The molecule has 1 saturated carbocycles. The first-order valence-corrected chi connectivity index (χ1v) is 13.9. The van der Waals surface area contributed by atoms with Crippen molar-refractivity contribution in [2.75, 3.05) is 5.32 Å². The van der Waals surface area contributed by atoms with Gasteiger partial charge in [0.1, 0.15) is 17.1 Å². The van der Waals surface area contributed by atoms with Gasteiger partial charge in [-0.1, -0.05) is 11.6 Å². The van der Waals surface area contributed by atoms with E-state index in [-0.39, 0.29) is 56.8 Å². The quantitative estimate of drug-likeness (QED) is 0.284. The van der Waals surface area contributed by atoms with Crippen molar-refractivity contribution in [1.29, 1.82) is 0 Å². The van der Waals surface area contributed by atoms with Gasteiger partial charge in [0, 0.05) is 40.4 Å². The molecule has 0 saturated heterocycles. The van der Waals surface area contributed by atoms with Crippen molar-refractivity contribution < 1.29 is 23.1 Å². The minimum absolute atomic E-state index is 0.0537. The summed E-state index contributed by atoms with van der Waals surface area (Å²) >= 11 is 6.14. The van der Waals surface area contributed by atoms with E-state index in [2.05, 4.69) is 30.6 Å². The molecule has 10 nitrogen and oxygen atoms in total. The van der Waals surface area contributed by atoms with Gasteiger partial charge in [-0.05, 0) is 65.5 Å². The van der Waals surface area contributed by atoms with Gasteiger partial charge in [-0.15, -0.1) is 0 Å². The van der Waals surface area contributed by atoms with E-state index in [4.69, 9.17) is 16.3 Å². The van der Waals surface area contributed by atoms with Gasteiger partial charge in [-0.25, -0.2) is 33.1 Å². The molecule has 2 N–H and O–H groups in total. The molecular formula is C29H30ClF2N7O3. The number of benzene rings is 1. The van der Waals surface area contributed by atoms with Gasteiger partial charge in [-0.3, -0.25) is 9.78 Å². The fraction of sp³-hybridized carbons (Fsp3) is 0.379. The number of hydrogen-bond donors (Lipinski definition) is 2. The molecule has 3 aromatic heterocycles. The molecular weight excluding hydrogens is 568 g/mol. The Morgan fingerprint density at radius 3 is 2.52 bits per heavy atom. The zero-order valence-electron chi connectivity index (χ0n) is 23.5. The molecule has 1 amide bonds. The van der Waals surface area contributed by atoms with Crippen LogP contribution in [0.4, 0.5) is 19.4 Å². The molecule has 0 bridgehead atoms. The van der Waals surface area contributed by atoms with Crippen LogP contribution in [0.5, 0.6) is 0 Å². The van der Waals surface area contributed by atoms with Crippen molar-refractivity contribution >= 4 is 40.3 Å². The molecule has 1 aliphatic carbocycles. The number of nitrogens with zero attached hydrogens (tertiary/aromatic N) is 5. The number of carbonyl (C=O) groups excluding carboxylic acids is 2. The normalized spacial score (nSPS) is 17.2. The van der Waals surface area contributed by atoms with Gasteiger partial charge in [0.05, 0.1) is 23.6 Å². The summed E-state index contributed by atoms with van der Waals surface area (Å²) in [5.41, 5.74) is 0.320. The molecule has 1 fully saturated rings. The number of rotatable bonds is 5. The van der Waals surface area contributed by atoms with Crippen LogP contribution in [0.2, 0.25) is 5.02 Å². The van der Waals surface area contributed by atoms with Gasteiger partial charge < -0.3 is 15.4 Å². The number of aromatic nitrogens is 5. The van der Waals surface area contributed by atoms with Gasteiger partial charge in [0.25, 0.3) is 5.91 Å². The monoisotopic (exact) mass is 597 g/mol. The second-order valence-corrected chi connectivity index (χ2v) is 11.7. The van der Waals surface area contributed by atoms with Gasteiger partial charge >= 0.3 is 6.09 Å². The van der Waals surface area contributed by atoms with Crippen molar-refractivity contribution in [2.24, 2.45) is 0 Å². The Balaban J connectivity index is 1.40. The highest BCUT2D eigenvalue weighted by molar-refractivity contribution is 6.31. The molecule has 0 aliphatic heterocycles. The van der Waals surface area contributed by atoms with Crippen LogP contribution in [0.1, 0.15) is 62.6 Å².